The number of hydrogen-bond donors (Lipinski definition) is 2. The van der Waals surface area contributed by atoms with Crippen LogP contribution in [-0.4, -0.2) is 13.0 Å². The van der Waals surface area contributed by atoms with Crippen LogP contribution in [0.1, 0.15) is 0 Å². The van der Waals surface area contributed by atoms with E-state index in [1.54, 1.807) is 0 Å². The third-order valence-electron chi connectivity index (χ3n) is 0. The van der Waals surface area contributed by atoms with Crippen molar-refractivity contribution in [3.05, 3.63) is 0 Å². The molecule has 0 heterocycles. The number of hydrogen-bond acceptors (Lipinski definition) is 2. The normalized spacial score (nSPS) is 9.67. The van der Waals surface area contributed by atoms with Crippen LogP contribution in [0.25, 0.3) is 0 Å². The first kappa shape index (κ1) is 9.63. The smallest absolute Gasteiger partial charge is 0.274 e. The predicted molar refractivity (Wildman–Crippen MR) is 15.7 cm³/mol. The van der Waals surface area contributed by atoms with E-state index in [9.17, 15) is 0 Å². The van der Waals surface area contributed by atoms with Crippen LogP contribution in [0.2, 0.25) is 0 Å². The first-order valence-electron chi connectivity index (χ1n) is 0.752. The summed E-state index contributed by atoms with van der Waals surface area (Å²) in [6.45, 7) is 0. The largest absolute Gasteiger partial charge is 0.330 e. The van der Waals surface area contributed by atoms with Crippen molar-refractivity contribution in [1.82, 2.24) is 0 Å². The van der Waals surface area contributed by atoms with Crippen LogP contribution in [0.3, 0.4) is 0 Å². The van der Waals surface area contributed by atoms with Crippen molar-refractivity contribution in [3.63, 3.8) is 0 Å². The van der Waals surface area contributed by atoms with Gasteiger partial charge in [0, 0.05) is 17.1 Å². The van der Waals surface area contributed by atoms with Gasteiger partial charge in [0.2, 0.25) is 0 Å². The van der Waals surface area contributed by atoms with Crippen LogP contribution in [0.5, 0.6) is 0 Å². The van der Waals surface area contributed by atoms with Crippen LogP contribution >= 0.6 is 0 Å². The molecular weight excluding hydrogens is 150 g/mol. The van der Waals surface area contributed by atoms with E-state index in [1.165, 1.54) is 0 Å². The molecule has 0 rings (SSSR count). The molecule has 0 aromatic heterocycles. The molecule has 0 aliphatic carbocycles. The van der Waals surface area contributed by atoms with Gasteiger partial charge < -0.3 is 0 Å². The first-order valence-corrected chi connectivity index (χ1v) is 2.25. The second-order valence-electron chi connectivity index (χ2n) is 0.515. The van der Waals surface area contributed by atoms with Gasteiger partial charge in [0.25, 0.3) is 0 Å². The van der Waals surface area contributed by atoms with Crippen molar-refractivity contribution in [2.45, 2.75) is 0 Å². The standard InChI is InChI=1S/Fe.H3NO3S/c;1-5(2,3)4/h;(H3,1,2,3,4). The molecule has 0 saturated carbocycles. The number of rotatable bonds is 0. The zero-order valence-electron chi connectivity index (χ0n) is 2.60. The molecule has 0 bridgehead atoms. The van der Waals surface area contributed by atoms with E-state index < -0.39 is 10.3 Å². The van der Waals surface area contributed by atoms with Gasteiger partial charge in [0.15, 0.2) is 0 Å². The molecule has 3 N–H and O–H groups in total. The summed E-state index contributed by atoms with van der Waals surface area (Å²) >= 11 is 0. The third kappa shape index (κ3) is 332. The van der Waals surface area contributed by atoms with Crippen LogP contribution in [-0.2, 0) is 27.4 Å². The first-order chi connectivity index (χ1) is 2.00. The minimum atomic E-state index is -4.17. The molecule has 6 heteroatoms. The van der Waals surface area contributed by atoms with E-state index in [2.05, 4.69) is 5.14 Å². The predicted octanol–water partition coefficient (Wildman–Crippen LogP) is -1.25. The Hall–Kier alpha value is 0.389. The average molecular weight is 153 g/mol. The Bertz CT molecular complexity index is 94.0. The maximum atomic E-state index is 8.97. The Labute approximate surface area is 46.1 Å². The zero-order chi connectivity index (χ0) is 4.50. The monoisotopic (exact) mass is 153 g/mol. The summed E-state index contributed by atoms with van der Waals surface area (Å²) in [6.07, 6.45) is 0. The summed E-state index contributed by atoms with van der Waals surface area (Å²) in [5, 5.41) is 3.88. The zero-order valence-corrected chi connectivity index (χ0v) is 4.52. The molecular formula is H3FeNO3S. The maximum absolute atomic E-state index is 8.97. The van der Waals surface area contributed by atoms with Crippen molar-refractivity contribution in [2.24, 2.45) is 5.14 Å². The van der Waals surface area contributed by atoms with Crippen LogP contribution in [0.15, 0.2) is 0 Å². The van der Waals surface area contributed by atoms with Crippen LogP contribution in [0.4, 0.5) is 0 Å². The Kier molecular flexibility index (Phi) is 4.08. The number of nitrogens with two attached hydrogens (primary N) is 1. The summed E-state index contributed by atoms with van der Waals surface area (Å²) < 4.78 is 25.2. The molecule has 6 heavy (non-hydrogen) atoms. The van der Waals surface area contributed by atoms with E-state index in [0.717, 1.165) is 0 Å². The van der Waals surface area contributed by atoms with E-state index in [0.29, 0.717) is 0 Å². The molecule has 0 atom stereocenters. The fraction of sp³-hybridized carbons (Fsp3) is 0. The summed E-state index contributed by atoms with van der Waals surface area (Å²) in [5.74, 6) is 0. The van der Waals surface area contributed by atoms with Gasteiger partial charge in [0.1, 0.15) is 0 Å². The summed E-state index contributed by atoms with van der Waals surface area (Å²) in [6, 6.07) is 0. The van der Waals surface area contributed by atoms with Gasteiger partial charge in [-0.15, -0.1) is 0 Å². The second kappa shape index (κ2) is 2.54. The quantitative estimate of drug-likeness (QED) is 0.336. The van der Waals surface area contributed by atoms with Crippen molar-refractivity contribution in [3.8, 4) is 0 Å². The van der Waals surface area contributed by atoms with Crippen molar-refractivity contribution >= 4 is 10.3 Å². The Morgan fingerprint density at radius 3 is 1.50 bits per heavy atom. The molecule has 4 nitrogen and oxygen atoms in total. The second-order valence-corrected chi connectivity index (χ2v) is 1.54. The summed E-state index contributed by atoms with van der Waals surface area (Å²) in [7, 11) is -4.17. The Balaban J connectivity index is 0. The molecule has 0 fully saturated rings. The van der Waals surface area contributed by atoms with Gasteiger partial charge in [-0.25, -0.2) is 5.14 Å². The van der Waals surface area contributed by atoms with E-state index >= 15 is 0 Å². The molecule has 40 valence electrons. The van der Waals surface area contributed by atoms with Gasteiger partial charge in [-0.1, -0.05) is 0 Å². The van der Waals surface area contributed by atoms with Gasteiger partial charge in [-0.05, 0) is 0 Å². The molecule has 0 aliphatic heterocycles. The molecule has 0 aromatic carbocycles. The summed E-state index contributed by atoms with van der Waals surface area (Å²) in [4.78, 5) is 0. The van der Waals surface area contributed by atoms with Crippen LogP contribution in [0, 0.1) is 0 Å². The topological polar surface area (TPSA) is 80.4 Å². The van der Waals surface area contributed by atoms with Gasteiger partial charge in [0.05, 0.1) is 0 Å². The summed E-state index contributed by atoms with van der Waals surface area (Å²) in [5.41, 5.74) is 0. The van der Waals surface area contributed by atoms with Crippen LogP contribution < -0.4 is 5.14 Å². The van der Waals surface area contributed by atoms with E-state index in [-0.39, 0.29) is 17.1 Å². The van der Waals surface area contributed by atoms with Gasteiger partial charge in [-0.2, -0.15) is 8.42 Å². The molecule has 0 spiro atoms. The SMILES string of the molecule is NS(=O)(=O)O.[Fe]. The molecule has 0 radical (unpaired) electrons. The van der Waals surface area contributed by atoms with Gasteiger partial charge >= 0.3 is 10.3 Å². The van der Waals surface area contributed by atoms with Crippen molar-refractivity contribution < 1.29 is 30.0 Å². The minimum absolute atomic E-state index is 0. The molecule has 0 amide bonds. The Morgan fingerprint density at radius 2 is 1.50 bits per heavy atom. The fourth-order valence-corrected chi connectivity index (χ4v) is 0. The van der Waals surface area contributed by atoms with Crippen molar-refractivity contribution in [2.75, 3.05) is 0 Å². The molecule has 0 unspecified atom stereocenters. The fourth-order valence-electron chi connectivity index (χ4n) is 0. The molecule has 0 saturated heterocycles. The molecule has 0 aliphatic rings. The third-order valence-corrected chi connectivity index (χ3v) is 0. The molecule has 0 aromatic rings. The van der Waals surface area contributed by atoms with Crippen molar-refractivity contribution in [1.29, 1.82) is 0 Å². The van der Waals surface area contributed by atoms with Gasteiger partial charge in [-0.3, -0.25) is 4.55 Å². The Morgan fingerprint density at radius 1 is 1.50 bits per heavy atom. The van der Waals surface area contributed by atoms with E-state index in [4.69, 9.17) is 13.0 Å². The minimum Gasteiger partial charge on any atom is -0.274 e. The average Bonchev–Trinajstić information content (AvgIpc) is 0.722. The maximum Gasteiger partial charge on any atom is 0.330 e. The van der Waals surface area contributed by atoms with E-state index in [1.807, 2.05) is 0 Å².